The average molecular weight is 378 g/mol. The highest BCUT2D eigenvalue weighted by Gasteiger charge is 2.10. The third-order valence-corrected chi connectivity index (χ3v) is 4.80. The number of hydrogen-bond acceptors (Lipinski definition) is 4. The van der Waals surface area contributed by atoms with Crippen molar-refractivity contribution in [1.29, 1.82) is 0 Å². The van der Waals surface area contributed by atoms with Crippen LogP contribution in [0.1, 0.15) is 5.56 Å². The fourth-order valence-electron chi connectivity index (χ4n) is 2.60. The third-order valence-electron chi connectivity index (χ3n) is 3.86. The van der Waals surface area contributed by atoms with Crippen molar-refractivity contribution < 1.29 is 13.9 Å². The van der Waals surface area contributed by atoms with Gasteiger partial charge >= 0.3 is 0 Å². The zero-order valence-corrected chi connectivity index (χ0v) is 15.0. The number of benzene rings is 3. The molecule has 3 aromatic carbocycles. The number of ether oxygens (including phenoxy) is 1. The van der Waals surface area contributed by atoms with Crippen molar-refractivity contribution in [2.75, 3.05) is 5.32 Å². The van der Waals surface area contributed by atoms with Crippen LogP contribution in [-0.2, 0) is 11.2 Å². The molecule has 1 heterocycles. The van der Waals surface area contributed by atoms with Gasteiger partial charge in [0.1, 0.15) is 17.3 Å². The molecule has 0 bridgehead atoms. The minimum absolute atomic E-state index is 0.165. The van der Waals surface area contributed by atoms with Crippen LogP contribution in [0.3, 0.4) is 0 Å². The molecule has 0 fully saturated rings. The zero-order chi connectivity index (χ0) is 18.6. The highest BCUT2D eigenvalue weighted by molar-refractivity contribution is 7.22. The molecule has 1 N–H and O–H groups in total. The summed E-state index contributed by atoms with van der Waals surface area (Å²) < 4.78 is 19.7. The molecule has 0 aliphatic rings. The molecule has 0 aliphatic heterocycles. The predicted molar refractivity (Wildman–Crippen MR) is 105 cm³/mol. The molecule has 6 heteroatoms. The summed E-state index contributed by atoms with van der Waals surface area (Å²) >= 11 is 1.38. The number of carbonyl (C=O) groups is 1. The normalized spacial score (nSPS) is 10.7. The van der Waals surface area contributed by atoms with Gasteiger partial charge in [0.15, 0.2) is 5.13 Å². The summed E-state index contributed by atoms with van der Waals surface area (Å²) in [5, 5.41) is 3.32. The average Bonchev–Trinajstić information content (AvgIpc) is 3.06. The fraction of sp³-hybridized carbons (Fsp3) is 0.0476. The first-order valence-electron chi connectivity index (χ1n) is 8.33. The van der Waals surface area contributed by atoms with Crippen LogP contribution in [0.2, 0.25) is 0 Å². The minimum atomic E-state index is -0.321. The van der Waals surface area contributed by atoms with Crippen LogP contribution in [0.25, 0.3) is 10.2 Å². The second-order valence-electron chi connectivity index (χ2n) is 5.92. The number of thiazole rings is 1. The van der Waals surface area contributed by atoms with Crippen LogP contribution in [0.15, 0.2) is 72.8 Å². The number of fused-ring (bicyclic) bond motifs is 1. The molecule has 0 radical (unpaired) electrons. The molecule has 27 heavy (non-hydrogen) atoms. The topological polar surface area (TPSA) is 51.2 Å². The van der Waals surface area contributed by atoms with E-state index in [1.54, 1.807) is 12.1 Å². The summed E-state index contributed by atoms with van der Waals surface area (Å²) in [6.07, 6.45) is 0.165. The van der Waals surface area contributed by atoms with E-state index >= 15 is 0 Å². The fourth-order valence-corrected chi connectivity index (χ4v) is 3.51. The first kappa shape index (κ1) is 17.2. The molecule has 1 aromatic heterocycles. The molecule has 0 saturated heterocycles. The summed E-state index contributed by atoms with van der Waals surface area (Å²) in [5.74, 6) is 0.955. The molecule has 4 nitrogen and oxygen atoms in total. The molecular formula is C21H15FN2O2S. The first-order chi connectivity index (χ1) is 13.2. The lowest BCUT2D eigenvalue weighted by Crippen LogP contribution is -2.14. The van der Waals surface area contributed by atoms with Gasteiger partial charge in [-0.25, -0.2) is 9.37 Å². The summed E-state index contributed by atoms with van der Waals surface area (Å²) in [5.41, 5.74) is 1.53. The van der Waals surface area contributed by atoms with Gasteiger partial charge in [0, 0.05) is 6.07 Å². The van der Waals surface area contributed by atoms with Crippen molar-refractivity contribution >= 4 is 32.6 Å². The Morgan fingerprint density at radius 1 is 1.00 bits per heavy atom. The highest BCUT2D eigenvalue weighted by Crippen LogP contribution is 2.31. The van der Waals surface area contributed by atoms with Crippen LogP contribution in [0, 0.1) is 5.82 Å². The zero-order valence-electron chi connectivity index (χ0n) is 14.2. The Morgan fingerprint density at radius 2 is 1.78 bits per heavy atom. The van der Waals surface area contributed by atoms with Gasteiger partial charge in [0.05, 0.1) is 16.6 Å². The Kier molecular flexibility index (Phi) is 4.80. The van der Waals surface area contributed by atoms with E-state index in [9.17, 15) is 9.18 Å². The lowest BCUT2D eigenvalue weighted by atomic mass is 10.1. The van der Waals surface area contributed by atoms with Crippen LogP contribution in [0.4, 0.5) is 9.52 Å². The summed E-state index contributed by atoms with van der Waals surface area (Å²) in [6, 6.07) is 21.0. The van der Waals surface area contributed by atoms with E-state index < -0.39 is 0 Å². The Hall–Kier alpha value is -3.25. The molecule has 0 saturated carbocycles. The Morgan fingerprint density at radius 3 is 2.56 bits per heavy atom. The van der Waals surface area contributed by atoms with Crippen molar-refractivity contribution in [1.82, 2.24) is 4.98 Å². The van der Waals surface area contributed by atoms with Crippen LogP contribution >= 0.6 is 11.3 Å². The highest BCUT2D eigenvalue weighted by atomic mass is 32.1. The maximum absolute atomic E-state index is 12.9. The van der Waals surface area contributed by atoms with Crippen molar-refractivity contribution in [3.63, 3.8) is 0 Å². The van der Waals surface area contributed by atoms with Crippen molar-refractivity contribution in [3.05, 3.63) is 84.2 Å². The van der Waals surface area contributed by atoms with Crippen molar-refractivity contribution in [2.45, 2.75) is 6.42 Å². The van der Waals surface area contributed by atoms with Crippen LogP contribution in [0.5, 0.6) is 11.5 Å². The molecule has 0 spiro atoms. The number of aromatic nitrogens is 1. The quantitative estimate of drug-likeness (QED) is 0.505. The van der Waals surface area contributed by atoms with E-state index in [-0.39, 0.29) is 18.1 Å². The third kappa shape index (κ3) is 4.30. The lowest BCUT2D eigenvalue weighted by Gasteiger charge is -2.04. The number of carbonyl (C=O) groups excluding carboxylic acids is 1. The van der Waals surface area contributed by atoms with Gasteiger partial charge in [-0.3, -0.25) is 4.79 Å². The lowest BCUT2D eigenvalue weighted by molar-refractivity contribution is -0.115. The van der Waals surface area contributed by atoms with Gasteiger partial charge in [-0.1, -0.05) is 41.7 Å². The van der Waals surface area contributed by atoms with Gasteiger partial charge in [0.2, 0.25) is 5.91 Å². The number of para-hydroxylation sites is 1. The molecule has 4 aromatic rings. The van der Waals surface area contributed by atoms with Gasteiger partial charge in [0.25, 0.3) is 0 Å². The van der Waals surface area contributed by atoms with Crippen LogP contribution in [-0.4, -0.2) is 10.9 Å². The molecule has 1 amide bonds. The standard InChI is InChI=1S/C21H15FN2O2S/c22-15-8-6-14(7-9-15)12-20(25)24-21-23-18-11-10-17(13-19(18)27-21)26-16-4-2-1-3-5-16/h1-11,13H,12H2,(H,23,24,25). The largest absolute Gasteiger partial charge is 0.457 e. The van der Waals surface area contributed by atoms with Crippen LogP contribution < -0.4 is 10.1 Å². The first-order valence-corrected chi connectivity index (χ1v) is 9.15. The maximum atomic E-state index is 12.9. The number of rotatable bonds is 5. The Balaban J connectivity index is 1.46. The van der Waals surface area contributed by atoms with E-state index in [0.717, 1.165) is 21.5 Å². The molecule has 0 aliphatic carbocycles. The van der Waals surface area contributed by atoms with E-state index in [1.807, 2.05) is 48.5 Å². The van der Waals surface area contributed by atoms with Crippen molar-refractivity contribution in [2.24, 2.45) is 0 Å². The summed E-state index contributed by atoms with van der Waals surface area (Å²) in [7, 11) is 0. The Bertz CT molecular complexity index is 1080. The maximum Gasteiger partial charge on any atom is 0.230 e. The smallest absolute Gasteiger partial charge is 0.230 e. The second-order valence-corrected chi connectivity index (χ2v) is 6.95. The molecule has 134 valence electrons. The summed E-state index contributed by atoms with van der Waals surface area (Å²) in [6.45, 7) is 0. The number of nitrogens with one attached hydrogen (secondary N) is 1. The predicted octanol–water partition coefficient (Wildman–Crippen LogP) is 5.41. The van der Waals surface area contributed by atoms with E-state index in [0.29, 0.717) is 10.9 Å². The molecule has 4 rings (SSSR count). The van der Waals surface area contributed by atoms with E-state index in [1.165, 1.54) is 23.5 Å². The number of hydrogen-bond donors (Lipinski definition) is 1. The van der Waals surface area contributed by atoms with E-state index in [2.05, 4.69) is 10.3 Å². The van der Waals surface area contributed by atoms with E-state index in [4.69, 9.17) is 4.74 Å². The van der Waals surface area contributed by atoms with Gasteiger partial charge in [-0.05, 0) is 42.0 Å². The van der Waals surface area contributed by atoms with Gasteiger partial charge in [-0.2, -0.15) is 0 Å². The number of anilines is 1. The number of halogens is 1. The summed E-state index contributed by atoms with van der Waals surface area (Å²) in [4.78, 5) is 16.6. The van der Waals surface area contributed by atoms with Gasteiger partial charge < -0.3 is 10.1 Å². The minimum Gasteiger partial charge on any atom is -0.457 e. The Labute approximate surface area is 159 Å². The van der Waals surface area contributed by atoms with Gasteiger partial charge in [-0.15, -0.1) is 0 Å². The number of amides is 1. The SMILES string of the molecule is O=C(Cc1ccc(F)cc1)Nc1nc2ccc(Oc3ccccc3)cc2s1. The second kappa shape index (κ2) is 7.55. The number of nitrogens with zero attached hydrogens (tertiary/aromatic N) is 1. The molecule has 0 atom stereocenters. The molecular weight excluding hydrogens is 363 g/mol. The molecule has 0 unspecified atom stereocenters. The van der Waals surface area contributed by atoms with Crippen molar-refractivity contribution in [3.8, 4) is 11.5 Å². The monoisotopic (exact) mass is 378 g/mol.